The maximum Gasteiger partial charge on any atom is 0.293 e. The first-order valence-corrected chi connectivity index (χ1v) is 10.8. The van der Waals surface area contributed by atoms with E-state index in [-0.39, 0.29) is 35.5 Å². The molecule has 0 spiro atoms. The summed E-state index contributed by atoms with van der Waals surface area (Å²) >= 11 is 1.37. The first-order chi connectivity index (χ1) is 15.1. The average Bonchev–Trinajstić information content (AvgIpc) is 3.53. The van der Waals surface area contributed by atoms with Gasteiger partial charge in [-0.25, -0.2) is 20.2 Å². The zero-order chi connectivity index (χ0) is 21.4. The van der Waals surface area contributed by atoms with Crippen LogP contribution in [-0.4, -0.2) is 34.3 Å². The number of nitrogens with zero attached hydrogens (tertiary/aromatic N) is 2. The molecule has 160 valence electrons. The zero-order valence-electron chi connectivity index (χ0n) is 16.4. The van der Waals surface area contributed by atoms with Gasteiger partial charge in [0.1, 0.15) is 11.9 Å². The Morgan fingerprint density at radius 2 is 2.06 bits per heavy atom. The van der Waals surface area contributed by atoms with Gasteiger partial charge in [0.25, 0.3) is 5.91 Å². The molecule has 5 rings (SSSR count). The number of nitrogens with one attached hydrogen (secondary N) is 3. The molecule has 1 aromatic carbocycles. The van der Waals surface area contributed by atoms with Gasteiger partial charge >= 0.3 is 0 Å². The molecule has 2 aliphatic rings. The Morgan fingerprint density at radius 1 is 1.23 bits per heavy atom. The van der Waals surface area contributed by atoms with E-state index in [9.17, 15) is 14.0 Å². The molecule has 4 heterocycles. The van der Waals surface area contributed by atoms with E-state index in [1.807, 2.05) is 4.90 Å². The van der Waals surface area contributed by atoms with Crippen LogP contribution < -0.4 is 16.2 Å². The van der Waals surface area contributed by atoms with Crippen LogP contribution in [-0.2, 0) is 17.8 Å². The Labute approximate surface area is 181 Å². The number of hydrazine groups is 1. The Morgan fingerprint density at radius 3 is 2.84 bits per heavy atom. The fraction of sp³-hybridized carbons (Fsp3) is 0.286. The summed E-state index contributed by atoms with van der Waals surface area (Å²) in [5, 5.41) is 3.25. The average molecular weight is 441 g/mol. The fourth-order valence-electron chi connectivity index (χ4n) is 3.86. The number of hydrogen-bond donors (Lipinski definition) is 3. The van der Waals surface area contributed by atoms with Crippen LogP contribution in [0, 0.1) is 5.82 Å². The van der Waals surface area contributed by atoms with Crippen molar-refractivity contribution in [3.63, 3.8) is 0 Å². The minimum atomic E-state index is -0.359. The maximum absolute atomic E-state index is 13.2. The lowest BCUT2D eigenvalue weighted by molar-refractivity contribution is -0.134. The van der Waals surface area contributed by atoms with Gasteiger partial charge in [-0.05, 0) is 36.2 Å². The van der Waals surface area contributed by atoms with Crippen LogP contribution in [0.3, 0.4) is 0 Å². The van der Waals surface area contributed by atoms with Gasteiger partial charge < -0.3 is 9.32 Å². The molecule has 3 aromatic rings. The lowest BCUT2D eigenvalue weighted by Gasteiger charge is -2.28. The van der Waals surface area contributed by atoms with Crippen molar-refractivity contribution in [3.05, 3.63) is 70.4 Å². The van der Waals surface area contributed by atoms with Crippen molar-refractivity contribution in [1.29, 1.82) is 0 Å². The number of fused-ring (bicyclic) bond motifs is 1. The summed E-state index contributed by atoms with van der Waals surface area (Å²) in [6, 6.07) is 9.12. The van der Waals surface area contributed by atoms with Crippen LogP contribution in [0.15, 0.2) is 47.1 Å². The Hall–Kier alpha value is -3.08. The highest BCUT2D eigenvalue weighted by Gasteiger charge is 2.35. The summed E-state index contributed by atoms with van der Waals surface area (Å²) in [4.78, 5) is 32.5. The first-order valence-electron chi connectivity index (χ1n) is 9.95. The third kappa shape index (κ3) is 4.09. The fourth-order valence-corrected chi connectivity index (χ4v) is 4.87. The quantitative estimate of drug-likeness (QED) is 0.576. The minimum absolute atomic E-state index is 0.0114. The number of rotatable bonds is 4. The van der Waals surface area contributed by atoms with E-state index in [2.05, 4.69) is 21.2 Å². The number of carbonyl (C=O) groups is 2. The second-order valence-electron chi connectivity index (χ2n) is 7.51. The molecule has 1 saturated heterocycles. The molecule has 0 aliphatic carbocycles. The first kappa shape index (κ1) is 19.9. The number of anilines is 1. The van der Waals surface area contributed by atoms with Crippen LogP contribution in [0.1, 0.15) is 39.2 Å². The maximum atomic E-state index is 13.2. The number of carbonyl (C=O) groups excluding carboxylic acids is 2. The van der Waals surface area contributed by atoms with Crippen molar-refractivity contribution < 1.29 is 18.4 Å². The Bertz CT molecular complexity index is 1100. The molecule has 1 fully saturated rings. The molecular weight excluding hydrogens is 421 g/mol. The molecule has 2 atom stereocenters. The van der Waals surface area contributed by atoms with Crippen molar-refractivity contribution in [3.8, 4) is 0 Å². The molecule has 0 bridgehead atoms. The highest BCUT2D eigenvalue weighted by molar-refractivity contribution is 7.15. The Kier molecular flexibility index (Phi) is 5.26. The third-order valence-corrected chi connectivity index (χ3v) is 6.48. The second-order valence-corrected chi connectivity index (χ2v) is 8.59. The smallest absolute Gasteiger partial charge is 0.293 e. The third-order valence-electron chi connectivity index (χ3n) is 5.48. The van der Waals surface area contributed by atoms with Crippen molar-refractivity contribution in [2.75, 3.05) is 11.9 Å². The summed E-state index contributed by atoms with van der Waals surface area (Å²) in [7, 11) is 0. The van der Waals surface area contributed by atoms with Crippen LogP contribution in [0.4, 0.5) is 9.52 Å². The van der Waals surface area contributed by atoms with E-state index in [1.165, 1.54) is 29.7 Å². The van der Waals surface area contributed by atoms with Gasteiger partial charge in [-0.1, -0.05) is 23.5 Å². The molecule has 2 amide bonds. The molecule has 8 nitrogen and oxygen atoms in total. The van der Waals surface area contributed by atoms with Gasteiger partial charge in [-0.3, -0.25) is 14.9 Å². The number of benzene rings is 1. The molecule has 10 heteroatoms. The summed E-state index contributed by atoms with van der Waals surface area (Å²) in [6.45, 7) is 1.03. The predicted octanol–water partition coefficient (Wildman–Crippen LogP) is 2.62. The number of thiazole rings is 1. The van der Waals surface area contributed by atoms with E-state index in [1.54, 1.807) is 24.3 Å². The molecule has 0 saturated carbocycles. The van der Waals surface area contributed by atoms with Gasteiger partial charge in [0.15, 0.2) is 10.9 Å². The SMILES string of the molecule is O=C(Nc1nc2c(s1)CN(C(=O)C1CC(c3ccc(F)cc3)NN1)CC2)c1ccco1. The van der Waals surface area contributed by atoms with Crippen LogP contribution in [0.2, 0.25) is 0 Å². The molecule has 2 unspecified atom stereocenters. The summed E-state index contributed by atoms with van der Waals surface area (Å²) < 4.78 is 18.3. The largest absolute Gasteiger partial charge is 0.459 e. The zero-order valence-corrected chi connectivity index (χ0v) is 17.2. The summed E-state index contributed by atoms with van der Waals surface area (Å²) in [5.41, 5.74) is 8.05. The van der Waals surface area contributed by atoms with Gasteiger partial charge in [0.2, 0.25) is 5.91 Å². The second kappa shape index (κ2) is 8.22. The van der Waals surface area contributed by atoms with Crippen molar-refractivity contribution >= 4 is 28.3 Å². The topological polar surface area (TPSA) is 99.5 Å². The lowest BCUT2D eigenvalue weighted by Crippen LogP contribution is -2.47. The van der Waals surface area contributed by atoms with Gasteiger partial charge in [-0.15, -0.1) is 0 Å². The number of hydrogen-bond acceptors (Lipinski definition) is 7. The highest BCUT2D eigenvalue weighted by atomic mass is 32.1. The monoisotopic (exact) mass is 441 g/mol. The van der Waals surface area contributed by atoms with E-state index >= 15 is 0 Å². The Balaban J connectivity index is 1.21. The predicted molar refractivity (Wildman–Crippen MR) is 112 cm³/mol. The summed E-state index contributed by atoms with van der Waals surface area (Å²) in [5.74, 6) is -0.398. The number of amides is 2. The van der Waals surface area contributed by atoms with Gasteiger partial charge in [-0.2, -0.15) is 0 Å². The van der Waals surface area contributed by atoms with Crippen LogP contribution >= 0.6 is 11.3 Å². The number of aromatic nitrogens is 1. The van der Waals surface area contributed by atoms with Crippen molar-refractivity contribution in [1.82, 2.24) is 20.7 Å². The van der Waals surface area contributed by atoms with Crippen LogP contribution in [0.25, 0.3) is 0 Å². The normalized spacial score (nSPS) is 20.5. The lowest BCUT2D eigenvalue weighted by atomic mass is 10.0. The van der Waals surface area contributed by atoms with Crippen molar-refractivity contribution in [2.45, 2.75) is 31.5 Å². The van der Waals surface area contributed by atoms with E-state index in [0.29, 0.717) is 31.1 Å². The number of furan rings is 1. The number of halogens is 1. The van der Waals surface area contributed by atoms with E-state index in [4.69, 9.17) is 4.42 Å². The van der Waals surface area contributed by atoms with Crippen molar-refractivity contribution in [2.24, 2.45) is 0 Å². The van der Waals surface area contributed by atoms with Gasteiger partial charge in [0, 0.05) is 23.9 Å². The van der Waals surface area contributed by atoms with Crippen LogP contribution in [0.5, 0.6) is 0 Å². The molecule has 3 N–H and O–H groups in total. The highest BCUT2D eigenvalue weighted by Crippen LogP contribution is 2.30. The molecular formula is C21H20FN5O3S. The standard InChI is InChI=1S/C21H20FN5O3S/c22-13-5-3-12(4-6-13)15-10-16(26-25-15)20(29)27-8-7-14-18(11-27)31-21(23-14)24-19(28)17-2-1-9-30-17/h1-6,9,15-16,25-26H,7-8,10-11H2,(H,23,24,28). The summed E-state index contributed by atoms with van der Waals surface area (Å²) in [6.07, 6.45) is 2.66. The van der Waals surface area contributed by atoms with E-state index in [0.717, 1.165) is 16.1 Å². The molecule has 2 aromatic heterocycles. The molecule has 0 radical (unpaired) electrons. The van der Waals surface area contributed by atoms with Gasteiger partial charge in [0.05, 0.1) is 18.5 Å². The minimum Gasteiger partial charge on any atom is -0.459 e. The molecule has 2 aliphatic heterocycles. The molecule has 31 heavy (non-hydrogen) atoms. The van der Waals surface area contributed by atoms with E-state index < -0.39 is 0 Å².